The van der Waals surface area contributed by atoms with Crippen molar-refractivity contribution in [1.29, 1.82) is 0 Å². The molecule has 8 nitrogen and oxygen atoms in total. The van der Waals surface area contributed by atoms with Gasteiger partial charge in [0.05, 0.1) is 16.7 Å². The van der Waals surface area contributed by atoms with Crippen molar-refractivity contribution in [3.05, 3.63) is 76.8 Å². The zero-order chi connectivity index (χ0) is 21.4. The summed E-state index contributed by atoms with van der Waals surface area (Å²) in [6.07, 6.45) is 1.54. The normalized spacial score (nSPS) is 14.8. The molecule has 0 saturated carbocycles. The predicted molar refractivity (Wildman–Crippen MR) is 119 cm³/mol. The Bertz CT molecular complexity index is 1300. The Balaban J connectivity index is 1.42. The minimum absolute atomic E-state index is 0.0852. The largest absolute Gasteiger partial charge is 0.364 e. The Morgan fingerprint density at radius 1 is 1.00 bits per heavy atom. The molecule has 156 valence electrons. The lowest BCUT2D eigenvalue weighted by Crippen LogP contribution is -2.38. The number of piperidine rings is 1. The lowest BCUT2D eigenvalue weighted by atomic mass is 10.0. The molecule has 2 aromatic heterocycles. The number of fused-ring (bicyclic) bond motifs is 1. The van der Waals surface area contributed by atoms with Crippen molar-refractivity contribution < 1.29 is 4.79 Å². The standard InChI is InChI=1S/C23H22N6O2/c24-21(30)19-14-18(15-6-2-1-3-7-15)25-22(26-19)28-12-10-16(11-13-28)29-20-9-5-4-8-17(20)27-23(29)31/h1-9,14,16H,10-13H2,(H2,24,30)(H,27,31). The molecule has 0 atom stereocenters. The first-order valence-electron chi connectivity index (χ1n) is 10.3. The van der Waals surface area contributed by atoms with Crippen molar-refractivity contribution in [2.75, 3.05) is 18.0 Å². The van der Waals surface area contributed by atoms with E-state index in [0.717, 1.165) is 29.4 Å². The average molecular weight is 414 g/mol. The van der Waals surface area contributed by atoms with Crippen LogP contribution in [0.3, 0.4) is 0 Å². The number of nitrogens with two attached hydrogens (primary N) is 1. The Morgan fingerprint density at radius 2 is 1.71 bits per heavy atom. The number of imidazole rings is 1. The molecule has 3 heterocycles. The lowest BCUT2D eigenvalue weighted by Gasteiger charge is -2.32. The van der Waals surface area contributed by atoms with Crippen molar-refractivity contribution in [2.24, 2.45) is 5.73 Å². The van der Waals surface area contributed by atoms with E-state index in [4.69, 9.17) is 10.7 Å². The molecule has 4 aromatic rings. The number of H-pyrrole nitrogens is 1. The number of primary amides is 1. The molecule has 5 rings (SSSR count). The van der Waals surface area contributed by atoms with Crippen LogP contribution in [-0.2, 0) is 0 Å². The maximum absolute atomic E-state index is 12.5. The van der Waals surface area contributed by atoms with E-state index in [1.165, 1.54) is 0 Å². The van der Waals surface area contributed by atoms with Gasteiger partial charge in [0.25, 0.3) is 5.91 Å². The number of aromatic amines is 1. The maximum atomic E-state index is 12.5. The molecule has 2 aromatic carbocycles. The van der Waals surface area contributed by atoms with Crippen molar-refractivity contribution in [1.82, 2.24) is 19.5 Å². The number of carbonyl (C=O) groups is 1. The quantitative estimate of drug-likeness (QED) is 0.534. The number of nitrogens with zero attached hydrogens (tertiary/aromatic N) is 4. The minimum Gasteiger partial charge on any atom is -0.364 e. The third kappa shape index (κ3) is 3.56. The number of amides is 1. The molecule has 8 heteroatoms. The number of anilines is 1. The van der Waals surface area contributed by atoms with Gasteiger partial charge in [-0.3, -0.25) is 9.36 Å². The summed E-state index contributed by atoms with van der Waals surface area (Å²) in [4.78, 5) is 38.5. The smallest absolute Gasteiger partial charge is 0.326 e. The van der Waals surface area contributed by atoms with Crippen molar-refractivity contribution >= 4 is 22.9 Å². The number of carbonyl (C=O) groups excluding carboxylic acids is 1. The Labute approximate surface area is 178 Å². The van der Waals surface area contributed by atoms with Crippen LogP contribution in [0.1, 0.15) is 29.4 Å². The van der Waals surface area contributed by atoms with Gasteiger partial charge >= 0.3 is 5.69 Å². The summed E-state index contributed by atoms with van der Waals surface area (Å²) in [7, 11) is 0. The van der Waals surface area contributed by atoms with Gasteiger partial charge in [-0.15, -0.1) is 0 Å². The average Bonchev–Trinajstić information content (AvgIpc) is 3.15. The predicted octanol–water partition coefficient (Wildman–Crippen LogP) is 2.73. The summed E-state index contributed by atoms with van der Waals surface area (Å²) < 4.78 is 1.85. The van der Waals surface area contributed by atoms with E-state index in [-0.39, 0.29) is 17.4 Å². The summed E-state index contributed by atoms with van der Waals surface area (Å²) in [6.45, 7) is 1.35. The Kier molecular flexibility index (Phi) is 4.74. The van der Waals surface area contributed by atoms with Crippen LogP contribution in [0.25, 0.3) is 22.3 Å². The SMILES string of the molecule is NC(=O)c1cc(-c2ccccc2)nc(N2CCC(n3c(=O)[nH]c4ccccc43)CC2)n1. The molecule has 0 unspecified atom stereocenters. The molecular weight excluding hydrogens is 392 g/mol. The van der Waals surface area contributed by atoms with E-state index in [9.17, 15) is 9.59 Å². The third-order valence-electron chi connectivity index (χ3n) is 5.77. The molecule has 0 spiro atoms. The second-order valence-corrected chi connectivity index (χ2v) is 7.70. The molecule has 0 radical (unpaired) electrons. The van der Waals surface area contributed by atoms with Gasteiger partial charge in [-0.2, -0.15) is 0 Å². The Hall–Kier alpha value is -3.94. The third-order valence-corrected chi connectivity index (χ3v) is 5.77. The van der Waals surface area contributed by atoms with Crippen molar-refractivity contribution in [2.45, 2.75) is 18.9 Å². The molecule has 0 aliphatic carbocycles. The highest BCUT2D eigenvalue weighted by atomic mass is 16.1. The molecular formula is C23H22N6O2. The van der Waals surface area contributed by atoms with E-state index < -0.39 is 5.91 Å². The highest BCUT2D eigenvalue weighted by Crippen LogP contribution is 2.28. The van der Waals surface area contributed by atoms with Crippen LogP contribution in [0.5, 0.6) is 0 Å². The first-order valence-corrected chi connectivity index (χ1v) is 10.3. The van der Waals surface area contributed by atoms with Crippen LogP contribution < -0.4 is 16.3 Å². The van der Waals surface area contributed by atoms with Crippen molar-refractivity contribution in [3.8, 4) is 11.3 Å². The van der Waals surface area contributed by atoms with Gasteiger partial charge < -0.3 is 15.6 Å². The van der Waals surface area contributed by atoms with Gasteiger partial charge in [0, 0.05) is 24.7 Å². The van der Waals surface area contributed by atoms with E-state index in [1.54, 1.807) is 6.07 Å². The molecule has 0 bridgehead atoms. The van der Waals surface area contributed by atoms with Crippen LogP contribution in [0.2, 0.25) is 0 Å². The van der Waals surface area contributed by atoms with E-state index in [2.05, 4.69) is 14.9 Å². The fourth-order valence-corrected chi connectivity index (χ4v) is 4.22. The fourth-order valence-electron chi connectivity index (χ4n) is 4.22. The second kappa shape index (κ2) is 7.71. The van der Waals surface area contributed by atoms with Crippen LogP contribution >= 0.6 is 0 Å². The van der Waals surface area contributed by atoms with E-state index in [0.29, 0.717) is 24.7 Å². The number of hydrogen-bond acceptors (Lipinski definition) is 5. The number of hydrogen-bond donors (Lipinski definition) is 2. The van der Waals surface area contributed by atoms with Gasteiger partial charge in [0.1, 0.15) is 5.69 Å². The molecule has 1 amide bonds. The van der Waals surface area contributed by atoms with Crippen LogP contribution in [-0.4, -0.2) is 38.5 Å². The van der Waals surface area contributed by atoms with Crippen LogP contribution in [0.4, 0.5) is 5.95 Å². The number of aromatic nitrogens is 4. The van der Waals surface area contributed by atoms with E-state index >= 15 is 0 Å². The molecule has 3 N–H and O–H groups in total. The zero-order valence-corrected chi connectivity index (χ0v) is 16.9. The highest BCUT2D eigenvalue weighted by Gasteiger charge is 2.25. The second-order valence-electron chi connectivity index (χ2n) is 7.70. The molecule has 1 aliphatic rings. The monoisotopic (exact) mass is 414 g/mol. The summed E-state index contributed by atoms with van der Waals surface area (Å²) >= 11 is 0. The number of benzene rings is 2. The zero-order valence-electron chi connectivity index (χ0n) is 16.9. The molecule has 1 saturated heterocycles. The first-order chi connectivity index (χ1) is 15.1. The van der Waals surface area contributed by atoms with Gasteiger partial charge in [-0.05, 0) is 31.0 Å². The van der Waals surface area contributed by atoms with Gasteiger partial charge in [0.15, 0.2) is 0 Å². The van der Waals surface area contributed by atoms with E-state index in [1.807, 2.05) is 59.2 Å². The lowest BCUT2D eigenvalue weighted by molar-refractivity contribution is 0.0995. The van der Waals surface area contributed by atoms with Crippen LogP contribution in [0, 0.1) is 0 Å². The summed E-state index contributed by atoms with van der Waals surface area (Å²) in [5.74, 6) is -0.0964. The molecule has 31 heavy (non-hydrogen) atoms. The van der Waals surface area contributed by atoms with Crippen LogP contribution in [0.15, 0.2) is 65.5 Å². The summed E-state index contributed by atoms with van der Waals surface area (Å²) in [5.41, 5.74) is 8.96. The number of rotatable bonds is 4. The summed E-state index contributed by atoms with van der Waals surface area (Å²) in [5, 5.41) is 0. The first kappa shape index (κ1) is 19.0. The van der Waals surface area contributed by atoms with Gasteiger partial charge in [-0.25, -0.2) is 14.8 Å². The maximum Gasteiger partial charge on any atom is 0.326 e. The minimum atomic E-state index is -0.582. The van der Waals surface area contributed by atoms with Gasteiger partial charge in [0.2, 0.25) is 5.95 Å². The Morgan fingerprint density at radius 3 is 2.45 bits per heavy atom. The fraction of sp³-hybridized carbons (Fsp3) is 0.217. The van der Waals surface area contributed by atoms with Gasteiger partial charge in [-0.1, -0.05) is 42.5 Å². The molecule has 1 fully saturated rings. The summed E-state index contributed by atoms with van der Waals surface area (Å²) in [6, 6.07) is 19.1. The topological polar surface area (TPSA) is 110 Å². The number of nitrogens with one attached hydrogen (secondary N) is 1. The van der Waals surface area contributed by atoms with Crippen molar-refractivity contribution in [3.63, 3.8) is 0 Å². The molecule has 1 aliphatic heterocycles. The number of para-hydroxylation sites is 2. The highest BCUT2D eigenvalue weighted by molar-refractivity contribution is 5.92.